The van der Waals surface area contributed by atoms with E-state index in [0.717, 1.165) is 11.1 Å². The molecule has 0 saturated carbocycles. The lowest BCUT2D eigenvalue weighted by atomic mass is 10.0. The zero-order chi connectivity index (χ0) is 10.2. The molecule has 4 heteroatoms. The lowest BCUT2D eigenvalue weighted by Crippen LogP contribution is -1.94. The van der Waals surface area contributed by atoms with Gasteiger partial charge in [0.05, 0.1) is 11.1 Å². The van der Waals surface area contributed by atoms with E-state index in [1.165, 1.54) is 0 Å². The van der Waals surface area contributed by atoms with Gasteiger partial charge in [0.2, 0.25) is 0 Å². The largest absolute Gasteiger partial charge is 0.506 e. The smallest absolute Gasteiger partial charge is 0.135 e. The van der Waals surface area contributed by atoms with Gasteiger partial charge in [0.15, 0.2) is 0 Å². The van der Waals surface area contributed by atoms with Crippen LogP contribution in [-0.2, 0) is 6.61 Å². The molecule has 0 fully saturated rings. The lowest BCUT2D eigenvalue weighted by molar-refractivity contribution is 0.274. The Morgan fingerprint density at radius 1 is 1.31 bits per heavy atom. The molecule has 2 nitrogen and oxygen atoms in total. The summed E-state index contributed by atoms with van der Waals surface area (Å²) >= 11 is 9.20. The molecule has 1 aromatic carbocycles. The average molecular weight is 266 g/mol. The molecular formula is C9H10BrClO2. The zero-order valence-electron chi connectivity index (χ0n) is 7.36. The van der Waals surface area contributed by atoms with Gasteiger partial charge in [-0.2, -0.15) is 0 Å². The first-order valence-electron chi connectivity index (χ1n) is 3.77. The monoisotopic (exact) mass is 264 g/mol. The molecule has 0 spiro atoms. The molecule has 0 aliphatic heterocycles. The van der Waals surface area contributed by atoms with E-state index in [1.54, 1.807) is 13.8 Å². The third-order valence-corrected chi connectivity index (χ3v) is 3.63. The summed E-state index contributed by atoms with van der Waals surface area (Å²) in [5, 5.41) is 19.2. The lowest BCUT2D eigenvalue weighted by Gasteiger charge is -2.12. The first-order valence-corrected chi connectivity index (χ1v) is 4.94. The van der Waals surface area contributed by atoms with Crippen LogP contribution in [-0.4, -0.2) is 10.2 Å². The molecule has 2 N–H and O–H groups in total. The third-order valence-electron chi connectivity index (χ3n) is 2.09. The highest BCUT2D eigenvalue weighted by Crippen LogP contribution is 2.38. The Hall–Kier alpha value is -0.250. The van der Waals surface area contributed by atoms with E-state index in [-0.39, 0.29) is 12.4 Å². The Labute approximate surface area is 90.3 Å². The normalized spacial score (nSPS) is 10.5. The number of benzene rings is 1. The fraction of sp³-hybridized carbons (Fsp3) is 0.333. The SMILES string of the molecule is Cc1c(Cl)c(C)c(CO)c(O)c1Br. The van der Waals surface area contributed by atoms with Crippen LogP contribution in [0.4, 0.5) is 0 Å². The van der Waals surface area contributed by atoms with Crippen LogP contribution in [0, 0.1) is 13.8 Å². The maximum atomic E-state index is 9.62. The van der Waals surface area contributed by atoms with Crippen LogP contribution in [0.25, 0.3) is 0 Å². The van der Waals surface area contributed by atoms with Crippen LogP contribution >= 0.6 is 27.5 Å². The van der Waals surface area contributed by atoms with Crippen molar-refractivity contribution in [1.29, 1.82) is 0 Å². The molecule has 0 bridgehead atoms. The molecule has 0 heterocycles. The highest BCUT2D eigenvalue weighted by atomic mass is 79.9. The van der Waals surface area contributed by atoms with Crippen LogP contribution in [0.15, 0.2) is 4.47 Å². The van der Waals surface area contributed by atoms with Crippen molar-refractivity contribution < 1.29 is 10.2 Å². The van der Waals surface area contributed by atoms with Gasteiger partial charge in [-0.05, 0) is 40.9 Å². The van der Waals surface area contributed by atoms with Crippen LogP contribution < -0.4 is 0 Å². The molecule has 0 aliphatic carbocycles. The summed E-state index contributed by atoms with van der Waals surface area (Å²) in [6.07, 6.45) is 0. The van der Waals surface area contributed by atoms with Crippen molar-refractivity contribution in [2.24, 2.45) is 0 Å². The highest BCUT2D eigenvalue weighted by Gasteiger charge is 2.15. The topological polar surface area (TPSA) is 40.5 Å². The van der Waals surface area contributed by atoms with E-state index >= 15 is 0 Å². The Morgan fingerprint density at radius 2 is 1.85 bits per heavy atom. The van der Waals surface area contributed by atoms with Gasteiger partial charge in [-0.1, -0.05) is 11.6 Å². The van der Waals surface area contributed by atoms with Gasteiger partial charge >= 0.3 is 0 Å². The molecule has 0 atom stereocenters. The molecule has 0 unspecified atom stereocenters. The van der Waals surface area contributed by atoms with Crippen molar-refractivity contribution in [2.45, 2.75) is 20.5 Å². The zero-order valence-corrected chi connectivity index (χ0v) is 9.70. The van der Waals surface area contributed by atoms with E-state index in [4.69, 9.17) is 16.7 Å². The number of hydrogen-bond donors (Lipinski definition) is 2. The number of hydrogen-bond acceptors (Lipinski definition) is 2. The first kappa shape index (κ1) is 10.8. The molecule has 1 aromatic rings. The minimum atomic E-state index is -0.212. The number of halogens is 2. The number of rotatable bonds is 1. The van der Waals surface area contributed by atoms with Crippen LogP contribution in [0.5, 0.6) is 5.75 Å². The fourth-order valence-electron chi connectivity index (χ4n) is 1.19. The van der Waals surface area contributed by atoms with Crippen molar-refractivity contribution in [3.63, 3.8) is 0 Å². The number of aliphatic hydroxyl groups excluding tert-OH is 1. The third kappa shape index (κ3) is 1.68. The minimum absolute atomic E-state index is 0.0712. The Balaban J connectivity index is 3.56. The average Bonchev–Trinajstić information content (AvgIpc) is 2.13. The van der Waals surface area contributed by atoms with Crippen molar-refractivity contribution in [3.8, 4) is 5.75 Å². The standard InChI is InChI=1S/C9H10BrClO2/c1-4-6(3-12)9(13)7(10)5(2)8(4)11/h12-13H,3H2,1-2H3. The summed E-state index contributed by atoms with van der Waals surface area (Å²) in [6.45, 7) is 3.36. The quantitative estimate of drug-likeness (QED) is 0.820. The van der Waals surface area contributed by atoms with Gasteiger partial charge in [-0.15, -0.1) is 0 Å². The van der Waals surface area contributed by atoms with E-state index in [0.29, 0.717) is 15.1 Å². The summed E-state index contributed by atoms with van der Waals surface area (Å²) in [5.41, 5.74) is 1.98. The number of aromatic hydroxyl groups is 1. The molecule has 0 aliphatic rings. The Bertz CT molecular complexity index is 321. The van der Waals surface area contributed by atoms with Crippen molar-refractivity contribution >= 4 is 27.5 Å². The van der Waals surface area contributed by atoms with Gasteiger partial charge in [0.25, 0.3) is 0 Å². The minimum Gasteiger partial charge on any atom is -0.506 e. The summed E-state index contributed by atoms with van der Waals surface area (Å²) in [6, 6.07) is 0. The van der Waals surface area contributed by atoms with Crippen LogP contribution in [0.3, 0.4) is 0 Å². The molecule has 13 heavy (non-hydrogen) atoms. The van der Waals surface area contributed by atoms with Gasteiger partial charge in [0, 0.05) is 10.6 Å². The van der Waals surface area contributed by atoms with E-state index < -0.39 is 0 Å². The summed E-state index contributed by atoms with van der Waals surface area (Å²) in [5.74, 6) is 0.0712. The second kappa shape index (κ2) is 3.86. The fourth-order valence-corrected chi connectivity index (χ4v) is 1.95. The van der Waals surface area contributed by atoms with E-state index in [1.807, 2.05) is 0 Å². The summed E-state index contributed by atoms with van der Waals surface area (Å²) < 4.78 is 0.548. The Kier molecular flexibility index (Phi) is 3.22. The van der Waals surface area contributed by atoms with Crippen LogP contribution in [0.2, 0.25) is 5.02 Å². The number of phenols is 1. The predicted molar refractivity (Wildman–Crippen MR) is 56.2 cm³/mol. The molecule has 0 saturated heterocycles. The van der Waals surface area contributed by atoms with E-state index in [9.17, 15) is 5.11 Å². The maximum absolute atomic E-state index is 9.62. The second-order valence-electron chi connectivity index (χ2n) is 2.86. The molecular weight excluding hydrogens is 255 g/mol. The summed E-state index contributed by atoms with van der Waals surface area (Å²) in [7, 11) is 0. The van der Waals surface area contributed by atoms with Gasteiger partial charge in [-0.25, -0.2) is 0 Å². The first-order chi connectivity index (χ1) is 6.00. The van der Waals surface area contributed by atoms with E-state index in [2.05, 4.69) is 15.9 Å². The van der Waals surface area contributed by atoms with Gasteiger partial charge in [0.1, 0.15) is 5.75 Å². The molecule has 0 aromatic heterocycles. The van der Waals surface area contributed by atoms with Crippen LogP contribution in [0.1, 0.15) is 16.7 Å². The molecule has 1 rings (SSSR count). The van der Waals surface area contributed by atoms with Crippen molar-refractivity contribution in [3.05, 3.63) is 26.2 Å². The van der Waals surface area contributed by atoms with Gasteiger partial charge in [-0.3, -0.25) is 0 Å². The highest BCUT2D eigenvalue weighted by molar-refractivity contribution is 9.10. The second-order valence-corrected chi connectivity index (χ2v) is 4.03. The molecule has 0 radical (unpaired) electrons. The summed E-state index contributed by atoms with van der Waals surface area (Å²) in [4.78, 5) is 0. The van der Waals surface area contributed by atoms with Crippen molar-refractivity contribution in [2.75, 3.05) is 0 Å². The predicted octanol–water partition coefficient (Wildman–Crippen LogP) is 2.92. The number of aliphatic hydroxyl groups is 1. The maximum Gasteiger partial charge on any atom is 0.135 e. The Morgan fingerprint density at radius 3 is 2.31 bits per heavy atom. The van der Waals surface area contributed by atoms with Gasteiger partial charge < -0.3 is 10.2 Å². The van der Waals surface area contributed by atoms with Crippen molar-refractivity contribution in [1.82, 2.24) is 0 Å². The molecule has 0 amide bonds. The molecule has 72 valence electrons.